The van der Waals surface area contributed by atoms with Gasteiger partial charge in [0.05, 0.1) is 53.4 Å². The standard InChI is InChI=1S/C55H68Cl8O4/c1-11-17-20-24-54(13-3,14-4)66-50-44(60)32-38(33-45(50)61)53(9,10)37-30-42(58)49(43(59)31-37)65-27-23-19-21-25-55(15-5,16-6)67-51-46(62)34-39(35-47(51)63)52(7,8)36-28-40(56)48(41(57)29-36)64-26-22-18-12-2/h11-12,28-35H,1-2,13-27H2,3-10H3. The Labute approximate surface area is 441 Å². The summed E-state index contributed by atoms with van der Waals surface area (Å²) in [5.74, 6) is 1.91. The van der Waals surface area contributed by atoms with Crippen LogP contribution >= 0.6 is 92.8 Å². The maximum atomic E-state index is 6.99. The van der Waals surface area contributed by atoms with Gasteiger partial charge in [-0.25, -0.2) is 0 Å². The molecule has 0 unspecified atom stereocenters. The van der Waals surface area contributed by atoms with Crippen molar-refractivity contribution >= 4 is 92.8 Å². The molecule has 0 saturated heterocycles. The Balaban J connectivity index is 1.38. The van der Waals surface area contributed by atoms with E-state index in [4.69, 9.17) is 112 Å². The first kappa shape index (κ1) is 57.5. The Morgan fingerprint density at radius 2 is 0.687 bits per heavy atom. The zero-order valence-corrected chi connectivity index (χ0v) is 46.5. The van der Waals surface area contributed by atoms with Crippen LogP contribution in [0, 0.1) is 0 Å². The summed E-state index contributed by atoms with van der Waals surface area (Å²) in [6.45, 7) is 25.4. The average Bonchev–Trinajstić information content (AvgIpc) is 3.28. The second-order valence-corrected chi connectivity index (χ2v) is 21.7. The fraction of sp³-hybridized carbons (Fsp3) is 0.491. The fourth-order valence-electron chi connectivity index (χ4n) is 8.39. The normalized spacial score (nSPS) is 12.3. The van der Waals surface area contributed by atoms with Gasteiger partial charge in [-0.3, -0.25) is 0 Å². The van der Waals surface area contributed by atoms with E-state index in [9.17, 15) is 0 Å². The van der Waals surface area contributed by atoms with E-state index < -0.39 is 16.4 Å². The van der Waals surface area contributed by atoms with Crippen LogP contribution < -0.4 is 18.9 Å². The SMILES string of the molecule is C=CCCCOc1c(Cl)cc(C(C)(C)c2cc(Cl)c(OC(CC)(CC)CCCCCOc3c(Cl)cc(C(C)(C)c4cc(Cl)c(OC(CC)(CC)CCCC=C)c(Cl)c4)cc3Cl)c(Cl)c2)cc1Cl. The van der Waals surface area contributed by atoms with Crippen LogP contribution in [-0.2, 0) is 10.8 Å². The van der Waals surface area contributed by atoms with E-state index in [0.717, 1.165) is 106 Å². The molecular weight excluding hydrogens is 1010 g/mol. The number of halogens is 8. The lowest BCUT2D eigenvalue weighted by molar-refractivity contribution is 0.0481. The lowest BCUT2D eigenvalue weighted by Crippen LogP contribution is -2.35. The third kappa shape index (κ3) is 14.5. The Morgan fingerprint density at radius 3 is 1.00 bits per heavy atom. The first-order valence-corrected chi connectivity index (χ1v) is 26.5. The van der Waals surface area contributed by atoms with Crippen LogP contribution in [0.3, 0.4) is 0 Å². The summed E-state index contributed by atoms with van der Waals surface area (Å²) in [5, 5.41) is 3.55. The van der Waals surface area contributed by atoms with Crippen molar-refractivity contribution in [3.05, 3.63) is 136 Å². The Bertz CT molecular complexity index is 2200. The lowest BCUT2D eigenvalue weighted by Gasteiger charge is -2.34. The maximum absolute atomic E-state index is 6.99. The van der Waals surface area contributed by atoms with Gasteiger partial charge in [-0.2, -0.15) is 0 Å². The van der Waals surface area contributed by atoms with Gasteiger partial charge < -0.3 is 18.9 Å². The summed E-state index contributed by atoms with van der Waals surface area (Å²) in [6.07, 6.45) is 14.9. The highest BCUT2D eigenvalue weighted by molar-refractivity contribution is 6.39. The molecule has 0 N–H and O–H groups in total. The molecule has 0 bridgehead atoms. The van der Waals surface area contributed by atoms with Crippen LogP contribution in [0.5, 0.6) is 23.0 Å². The highest BCUT2D eigenvalue weighted by atomic mass is 35.5. The second-order valence-electron chi connectivity index (χ2n) is 18.4. The van der Waals surface area contributed by atoms with E-state index in [1.165, 1.54) is 0 Å². The third-order valence-electron chi connectivity index (χ3n) is 13.5. The number of hydrogen-bond acceptors (Lipinski definition) is 4. The van der Waals surface area contributed by atoms with E-state index in [1.54, 1.807) is 0 Å². The molecule has 0 aliphatic carbocycles. The topological polar surface area (TPSA) is 36.9 Å². The van der Waals surface area contributed by atoms with Crippen molar-refractivity contribution in [2.75, 3.05) is 13.2 Å². The van der Waals surface area contributed by atoms with Crippen LogP contribution in [-0.4, -0.2) is 24.4 Å². The number of unbranched alkanes of at least 4 members (excludes halogenated alkanes) is 4. The van der Waals surface area contributed by atoms with Crippen LogP contribution in [0.4, 0.5) is 0 Å². The Morgan fingerprint density at radius 1 is 0.403 bits per heavy atom. The van der Waals surface area contributed by atoms with Gasteiger partial charge in [0.2, 0.25) is 0 Å². The van der Waals surface area contributed by atoms with Gasteiger partial charge in [0.15, 0.2) is 23.0 Å². The average molecular weight is 1080 g/mol. The van der Waals surface area contributed by atoms with Crippen LogP contribution in [0.25, 0.3) is 0 Å². The smallest absolute Gasteiger partial charge is 0.157 e. The first-order chi connectivity index (χ1) is 31.7. The van der Waals surface area contributed by atoms with Crippen molar-refractivity contribution in [2.24, 2.45) is 0 Å². The van der Waals surface area contributed by atoms with E-state index >= 15 is 0 Å². The van der Waals surface area contributed by atoms with Crippen molar-refractivity contribution in [3.63, 3.8) is 0 Å². The monoisotopic (exact) mass is 1070 g/mol. The molecule has 0 aromatic heterocycles. The van der Waals surface area contributed by atoms with Gasteiger partial charge >= 0.3 is 0 Å². The van der Waals surface area contributed by atoms with Gasteiger partial charge in [0, 0.05) is 10.8 Å². The number of hydrogen-bond donors (Lipinski definition) is 0. The van der Waals surface area contributed by atoms with Crippen LogP contribution in [0.1, 0.15) is 161 Å². The summed E-state index contributed by atoms with van der Waals surface area (Å²) in [4.78, 5) is 0. The summed E-state index contributed by atoms with van der Waals surface area (Å²) in [5.41, 5.74) is 1.66. The van der Waals surface area contributed by atoms with Crippen molar-refractivity contribution in [1.29, 1.82) is 0 Å². The number of benzene rings is 4. The largest absolute Gasteiger partial charge is 0.490 e. The first-order valence-electron chi connectivity index (χ1n) is 23.5. The molecule has 4 rings (SSSR count). The maximum Gasteiger partial charge on any atom is 0.157 e. The molecule has 368 valence electrons. The zero-order valence-electron chi connectivity index (χ0n) is 40.5. The predicted octanol–water partition coefficient (Wildman–Crippen LogP) is 20.8. The molecule has 4 aromatic rings. The number of ether oxygens (including phenoxy) is 4. The molecule has 0 aliphatic heterocycles. The van der Waals surface area contributed by atoms with Crippen molar-refractivity contribution < 1.29 is 18.9 Å². The van der Waals surface area contributed by atoms with Gasteiger partial charge in [0.25, 0.3) is 0 Å². The highest BCUT2D eigenvalue weighted by Crippen LogP contribution is 2.48. The summed E-state index contributed by atoms with van der Waals surface area (Å²) in [6, 6.07) is 15.2. The predicted molar refractivity (Wildman–Crippen MR) is 291 cm³/mol. The molecular formula is C55H68Cl8O4. The molecule has 12 heteroatoms. The Hall–Kier alpha value is -2.12. The van der Waals surface area contributed by atoms with Gasteiger partial charge in [0.1, 0.15) is 11.2 Å². The summed E-state index contributed by atoms with van der Waals surface area (Å²) >= 11 is 54.9. The van der Waals surface area contributed by atoms with Crippen LogP contribution in [0.15, 0.2) is 73.8 Å². The molecule has 0 saturated carbocycles. The molecule has 0 spiro atoms. The minimum absolute atomic E-state index is 0.366. The second kappa shape index (κ2) is 25.8. The van der Waals surface area contributed by atoms with Crippen molar-refractivity contribution in [1.82, 2.24) is 0 Å². The van der Waals surface area contributed by atoms with Crippen molar-refractivity contribution in [3.8, 4) is 23.0 Å². The molecule has 0 fully saturated rings. The third-order valence-corrected chi connectivity index (χ3v) is 15.7. The van der Waals surface area contributed by atoms with Crippen molar-refractivity contribution in [2.45, 2.75) is 161 Å². The van der Waals surface area contributed by atoms with E-state index in [2.05, 4.69) is 68.5 Å². The molecule has 4 nitrogen and oxygen atoms in total. The molecule has 0 aliphatic rings. The number of rotatable bonds is 28. The molecule has 4 aromatic carbocycles. The quantitative estimate of drug-likeness (QED) is 0.0420. The Kier molecular flexibility index (Phi) is 22.2. The molecule has 0 heterocycles. The lowest BCUT2D eigenvalue weighted by atomic mass is 9.78. The summed E-state index contributed by atoms with van der Waals surface area (Å²) in [7, 11) is 0. The fourth-order valence-corrected chi connectivity index (χ4v) is 10.7. The van der Waals surface area contributed by atoms with Gasteiger partial charge in [-0.05, 0) is 154 Å². The van der Waals surface area contributed by atoms with E-state index in [-0.39, 0.29) is 5.60 Å². The minimum atomic E-state index is -0.550. The van der Waals surface area contributed by atoms with E-state index in [0.29, 0.717) is 76.4 Å². The number of allylic oxidation sites excluding steroid dienone is 2. The molecule has 0 radical (unpaired) electrons. The molecule has 0 atom stereocenters. The van der Waals surface area contributed by atoms with Gasteiger partial charge in [-0.15, -0.1) is 13.2 Å². The summed E-state index contributed by atoms with van der Waals surface area (Å²) < 4.78 is 25.5. The van der Waals surface area contributed by atoms with Gasteiger partial charge in [-0.1, -0.05) is 160 Å². The van der Waals surface area contributed by atoms with Crippen LogP contribution in [0.2, 0.25) is 40.2 Å². The highest BCUT2D eigenvalue weighted by Gasteiger charge is 2.34. The minimum Gasteiger partial charge on any atom is -0.490 e. The molecule has 67 heavy (non-hydrogen) atoms. The van der Waals surface area contributed by atoms with E-state index in [1.807, 2.05) is 60.7 Å². The zero-order chi connectivity index (χ0) is 49.7. The molecule has 0 amide bonds.